The first-order valence-electron chi connectivity index (χ1n) is 6.84. The van der Waals surface area contributed by atoms with E-state index in [4.69, 9.17) is 4.42 Å². The third-order valence-electron chi connectivity index (χ3n) is 3.37. The molecule has 0 aromatic carbocycles. The fourth-order valence-electron chi connectivity index (χ4n) is 2.03. The second-order valence-corrected chi connectivity index (χ2v) is 5.10. The van der Waals surface area contributed by atoms with Crippen molar-refractivity contribution in [1.82, 2.24) is 4.98 Å². The second kappa shape index (κ2) is 6.48. The molecule has 0 amide bonds. The van der Waals surface area contributed by atoms with Crippen LogP contribution in [0.4, 0.5) is 24.7 Å². The highest BCUT2D eigenvalue weighted by atomic mass is 19.4. The molecule has 0 aliphatic heterocycles. The van der Waals surface area contributed by atoms with Crippen LogP contribution in [-0.2, 0) is 5.60 Å². The summed E-state index contributed by atoms with van der Waals surface area (Å²) in [6.07, 6.45) is -4.67. The van der Waals surface area contributed by atoms with Crippen molar-refractivity contribution in [2.45, 2.75) is 25.1 Å². The Bertz CT molecular complexity index is 715. The number of aryl methyl sites for hydroxylation is 1. The molecule has 10 heteroatoms. The minimum Gasteiger partial charge on any atom is -0.463 e. The Morgan fingerprint density at radius 2 is 2.04 bits per heavy atom. The van der Waals surface area contributed by atoms with Gasteiger partial charge in [0.05, 0.1) is 4.92 Å². The Morgan fingerprint density at radius 1 is 1.33 bits per heavy atom. The lowest BCUT2D eigenvalue weighted by Crippen LogP contribution is -2.43. The zero-order valence-corrected chi connectivity index (χ0v) is 12.5. The summed E-state index contributed by atoms with van der Waals surface area (Å²) >= 11 is 0. The van der Waals surface area contributed by atoms with Gasteiger partial charge in [-0.15, -0.1) is 0 Å². The van der Waals surface area contributed by atoms with Gasteiger partial charge in [0.15, 0.2) is 0 Å². The fourth-order valence-corrected chi connectivity index (χ4v) is 2.03. The van der Waals surface area contributed by atoms with Crippen LogP contribution < -0.4 is 5.32 Å². The number of hydrogen-bond acceptors (Lipinski definition) is 6. The van der Waals surface area contributed by atoms with E-state index >= 15 is 0 Å². The van der Waals surface area contributed by atoms with Gasteiger partial charge in [-0.3, -0.25) is 10.1 Å². The largest absolute Gasteiger partial charge is 0.463 e. The SMILES string of the molecule is Cc1ccc(C(O)(CCNc2ccc([N+](=O)[O-])cn2)C(F)(F)F)o1. The van der Waals surface area contributed by atoms with Crippen LogP contribution in [0, 0.1) is 17.0 Å². The lowest BCUT2D eigenvalue weighted by molar-refractivity contribution is -0.385. The van der Waals surface area contributed by atoms with E-state index in [9.17, 15) is 28.4 Å². The molecule has 0 saturated heterocycles. The summed E-state index contributed by atoms with van der Waals surface area (Å²) in [4.78, 5) is 13.6. The minimum absolute atomic E-state index is 0.153. The summed E-state index contributed by atoms with van der Waals surface area (Å²) in [5.74, 6) is -0.190. The number of nitro groups is 1. The first-order chi connectivity index (χ1) is 11.1. The molecule has 2 aromatic heterocycles. The third kappa shape index (κ3) is 3.65. The number of furan rings is 1. The van der Waals surface area contributed by atoms with Crippen molar-refractivity contribution in [2.75, 3.05) is 11.9 Å². The van der Waals surface area contributed by atoms with Crippen LogP contribution in [0.1, 0.15) is 17.9 Å². The molecule has 2 N–H and O–H groups in total. The number of hydrogen-bond donors (Lipinski definition) is 2. The molecular formula is C14H14F3N3O4. The van der Waals surface area contributed by atoms with Gasteiger partial charge in [0.25, 0.3) is 5.69 Å². The van der Waals surface area contributed by atoms with Crippen molar-refractivity contribution in [1.29, 1.82) is 0 Å². The average molecular weight is 345 g/mol. The van der Waals surface area contributed by atoms with Crippen molar-refractivity contribution in [3.05, 3.63) is 52.1 Å². The van der Waals surface area contributed by atoms with E-state index in [1.165, 1.54) is 25.1 Å². The predicted octanol–water partition coefficient (Wildman–Crippen LogP) is 3.14. The van der Waals surface area contributed by atoms with Crippen LogP contribution in [0.25, 0.3) is 0 Å². The first-order valence-corrected chi connectivity index (χ1v) is 6.84. The number of anilines is 1. The highest BCUT2D eigenvalue weighted by Crippen LogP contribution is 2.42. The van der Waals surface area contributed by atoms with Gasteiger partial charge in [-0.05, 0) is 25.1 Å². The molecule has 0 saturated carbocycles. The van der Waals surface area contributed by atoms with Crippen LogP contribution in [-0.4, -0.2) is 27.7 Å². The van der Waals surface area contributed by atoms with Crippen LogP contribution in [0.15, 0.2) is 34.9 Å². The minimum atomic E-state index is -4.93. The maximum absolute atomic E-state index is 13.2. The summed E-state index contributed by atoms with van der Waals surface area (Å²) in [5.41, 5.74) is -3.38. The van der Waals surface area contributed by atoms with Gasteiger partial charge in [-0.1, -0.05) is 0 Å². The molecule has 24 heavy (non-hydrogen) atoms. The van der Waals surface area contributed by atoms with E-state index in [2.05, 4.69) is 10.3 Å². The molecule has 0 fully saturated rings. The van der Waals surface area contributed by atoms with Gasteiger partial charge in [0.2, 0.25) is 5.60 Å². The molecule has 2 aromatic rings. The van der Waals surface area contributed by atoms with Crippen LogP contribution in [0.3, 0.4) is 0 Å². The normalized spacial score (nSPS) is 14.2. The number of rotatable bonds is 6. The molecular weight excluding hydrogens is 331 g/mol. The van der Waals surface area contributed by atoms with Gasteiger partial charge in [-0.25, -0.2) is 4.98 Å². The molecule has 1 unspecified atom stereocenters. The van der Waals surface area contributed by atoms with E-state index < -0.39 is 28.9 Å². The zero-order valence-electron chi connectivity index (χ0n) is 12.5. The van der Waals surface area contributed by atoms with E-state index in [1.54, 1.807) is 0 Å². The maximum atomic E-state index is 13.2. The number of aromatic nitrogens is 1. The Kier molecular flexibility index (Phi) is 4.78. The topological polar surface area (TPSA) is 101 Å². The van der Waals surface area contributed by atoms with Gasteiger partial charge in [0, 0.05) is 19.0 Å². The first kappa shape index (κ1) is 17.7. The molecule has 1 atom stereocenters. The average Bonchev–Trinajstić information content (AvgIpc) is 2.93. The molecule has 0 aliphatic rings. The number of nitrogens with one attached hydrogen (secondary N) is 1. The van der Waals surface area contributed by atoms with Crippen molar-refractivity contribution in [3.8, 4) is 0 Å². The van der Waals surface area contributed by atoms with Crippen molar-refractivity contribution in [3.63, 3.8) is 0 Å². The Hall–Kier alpha value is -2.62. The number of halogens is 3. The van der Waals surface area contributed by atoms with Crippen molar-refractivity contribution >= 4 is 11.5 Å². The third-order valence-corrected chi connectivity index (χ3v) is 3.37. The molecule has 7 nitrogen and oxygen atoms in total. The van der Waals surface area contributed by atoms with E-state index in [-0.39, 0.29) is 23.8 Å². The van der Waals surface area contributed by atoms with Crippen LogP contribution >= 0.6 is 0 Å². The molecule has 0 bridgehead atoms. The van der Waals surface area contributed by atoms with Crippen molar-refractivity contribution in [2.24, 2.45) is 0 Å². The highest BCUT2D eigenvalue weighted by molar-refractivity contribution is 5.40. The number of alkyl halides is 3. The summed E-state index contributed by atoms with van der Waals surface area (Å²) in [6.45, 7) is 1.19. The van der Waals surface area contributed by atoms with Crippen molar-refractivity contribution < 1.29 is 27.6 Å². The summed E-state index contributed by atoms with van der Waals surface area (Å²) in [7, 11) is 0. The maximum Gasteiger partial charge on any atom is 0.424 e. The molecule has 0 spiro atoms. The predicted molar refractivity (Wildman–Crippen MR) is 77.4 cm³/mol. The standard InChI is InChI=1S/C14H14F3N3O4/c1-9-2-4-11(24-9)13(21,14(15,16)17)6-7-18-12-5-3-10(8-19-12)20(22)23/h2-5,8,21H,6-7H2,1H3,(H,18,19). The summed E-state index contributed by atoms with van der Waals surface area (Å²) < 4.78 is 44.6. The summed E-state index contributed by atoms with van der Waals surface area (Å²) in [6, 6.07) is 4.84. The molecule has 0 aliphatic carbocycles. The molecule has 2 heterocycles. The lowest BCUT2D eigenvalue weighted by atomic mass is 9.95. The monoisotopic (exact) mass is 345 g/mol. The molecule has 0 radical (unpaired) electrons. The number of nitrogens with zero attached hydrogens (tertiary/aromatic N) is 2. The van der Waals surface area contributed by atoms with Gasteiger partial charge in [-0.2, -0.15) is 13.2 Å². The quantitative estimate of drug-likeness (QED) is 0.616. The van der Waals surface area contributed by atoms with Gasteiger partial charge in [0.1, 0.15) is 23.5 Å². The Labute approximate surface area is 134 Å². The lowest BCUT2D eigenvalue weighted by Gasteiger charge is -2.28. The van der Waals surface area contributed by atoms with E-state index in [0.717, 1.165) is 12.3 Å². The Morgan fingerprint density at radius 3 is 2.50 bits per heavy atom. The van der Waals surface area contributed by atoms with E-state index in [0.29, 0.717) is 0 Å². The molecule has 2 rings (SSSR count). The van der Waals surface area contributed by atoms with Gasteiger partial charge >= 0.3 is 6.18 Å². The number of pyridine rings is 1. The summed E-state index contributed by atoms with van der Waals surface area (Å²) in [5, 5.41) is 23.1. The van der Waals surface area contributed by atoms with Gasteiger partial charge < -0.3 is 14.8 Å². The van der Waals surface area contributed by atoms with Crippen LogP contribution in [0.2, 0.25) is 0 Å². The second-order valence-electron chi connectivity index (χ2n) is 5.10. The zero-order chi connectivity index (χ0) is 18.0. The number of aliphatic hydroxyl groups is 1. The smallest absolute Gasteiger partial charge is 0.424 e. The Balaban J connectivity index is 2.07. The fraction of sp³-hybridized carbons (Fsp3) is 0.357. The highest BCUT2D eigenvalue weighted by Gasteiger charge is 2.56. The van der Waals surface area contributed by atoms with E-state index in [1.807, 2.05) is 0 Å². The molecule has 130 valence electrons. The van der Waals surface area contributed by atoms with Crippen LogP contribution in [0.5, 0.6) is 0 Å².